The van der Waals surface area contributed by atoms with E-state index in [1.165, 1.54) is 0 Å². The van der Waals surface area contributed by atoms with Crippen molar-refractivity contribution in [3.05, 3.63) is 30.1 Å². The van der Waals surface area contributed by atoms with Crippen LogP contribution < -0.4 is 10.6 Å². The van der Waals surface area contributed by atoms with Gasteiger partial charge >= 0.3 is 12.1 Å². The fourth-order valence-electron chi connectivity index (χ4n) is 3.29. The Morgan fingerprint density at radius 3 is 3.11 bits per heavy atom. The fourth-order valence-corrected chi connectivity index (χ4v) is 3.29. The lowest BCUT2D eigenvalue weighted by atomic mass is 10.0. The lowest BCUT2D eigenvalue weighted by Gasteiger charge is -2.14. The monoisotopic (exact) mass is 370 g/mol. The number of alkyl carbamates (subject to hydrolysis) is 1. The SMILES string of the molecule is CC(C)NC(=O)OC1CCC(c2cc(Nc3nc4cccnc4o3)n[nH]2)C1. The number of H-pyrrole nitrogens is 1. The van der Waals surface area contributed by atoms with Crippen LogP contribution in [0.2, 0.25) is 0 Å². The largest absolute Gasteiger partial charge is 0.446 e. The number of aromatic amines is 1. The smallest absolute Gasteiger partial charge is 0.407 e. The molecule has 0 aromatic carbocycles. The maximum atomic E-state index is 11.7. The van der Waals surface area contributed by atoms with E-state index in [0.29, 0.717) is 23.1 Å². The zero-order valence-corrected chi connectivity index (χ0v) is 15.2. The van der Waals surface area contributed by atoms with Gasteiger partial charge in [-0.3, -0.25) is 10.4 Å². The quantitative estimate of drug-likeness (QED) is 0.629. The molecular formula is C18H22N6O3. The summed E-state index contributed by atoms with van der Waals surface area (Å²) in [5, 5.41) is 13.1. The van der Waals surface area contributed by atoms with Crippen LogP contribution in [0, 0.1) is 0 Å². The van der Waals surface area contributed by atoms with Crippen molar-refractivity contribution in [2.24, 2.45) is 0 Å². The molecule has 2 atom stereocenters. The summed E-state index contributed by atoms with van der Waals surface area (Å²) < 4.78 is 11.0. The van der Waals surface area contributed by atoms with Crippen LogP contribution in [-0.4, -0.2) is 38.4 Å². The van der Waals surface area contributed by atoms with Gasteiger partial charge in [-0.05, 0) is 45.2 Å². The zero-order chi connectivity index (χ0) is 18.8. The molecule has 1 aliphatic rings. The van der Waals surface area contributed by atoms with Gasteiger partial charge in [0.1, 0.15) is 11.6 Å². The first kappa shape index (κ1) is 17.3. The van der Waals surface area contributed by atoms with E-state index >= 15 is 0 Å². The van der Waals surface area contributed by atoms with Gasteiger partial charge in [-0.25, -0.2) is 9.78 Å². The molecule has 1 amide bonds. The molecule has 9 heteroatoms. The third-order valence-electron chi connectivity index (χ3n) is 4.50. The van der Waals surface area contributed by atoms with Gasteiger partial charge in [0, 0.05) is 29.9 Å². The number of rotatable bonds is 5. The molecule has 27 heavy (non-hydrogen) atoms. The lowest BCUT2D eigenvalue weighted by Crippen LogP contribution is -2.33. The minimum Gasteiger partial charge on any atom is -0.446 e. The summed E-state index contributed by atoms with van der Waals surface area (Å²) in [5.41, 5.74) is 2.17. The Hall–Kier alpha value is -3.10. The summed E-state index contributed by atoms with van der Waals surface area (Å²) in [6.07, 6.45) is 3.79. The summed E-state index contributed by atoms with van der Waals surface area (Å²) in [7, 11) is 0. The molecule has 0 bridgehead atoms. The molecule has 0 radical (unpaired) electrons. The number of anilines is 2. The Balaban J connectivity index is 1.36. The number of carbonyl (C=O) groups is 1. The maximum absolute atomic E-state index is 11.7. The number of pyridine rings is 1. The van der Waals surface area contributed by atoms with Crippen molar-refractivity contribution < 1.29 is 13.9 Å². The summed E-state index contributed by atoms with van der Waals surface area (Å²) in [4.78, 5) is 20.2. The second-order valence-corrected chi connectivity index (χ2v) is 7.02. The Morgan fingerprint density at radius 1 is 1.41 bits per heavy atom. The number of carbonyl (C=O) groups excluding carboxylic acids is 1. The molecule has 0 aliphatic heterocycles. The predicted octanol–water partition coefficient (Wildman–Crippen LogP) is 3.46. The Labute approximate surface area is 155 Å². The Bertz CT molecular complexity index is 901. The third kappa shape index (κ3) is 4.02. The van der Waals surface area contributed by atoms with Crippen LogP contribution in [-0.2, 0) is 4.74 Å². The molecular weight excluding hydrogens is 348 g/mol. The lowest BCUT2D eigenvalue weighted by molar-refractivity contribution is 0.0981. The van der Waals surface area contributed by atoms with Gasteiger partial charge in [0.2, 0.25) is 5.71 Å². The molecule has 3 aromatic rings. The van der Waals surface area contributed by atoms with E-state index in [1.54, 1.807) is 12.3 Å². The van der Waals surface area contributed by atoms with Gasteiger partial charge in [0.05, 0.1) is 0 Å². The average molecular weight is 370 g/mol. The first-order valence-corrected chi connectivity index (χ1v) is 9.08. The maximum Gasteiger partial charge on any atom is 0.407 e. The van der Waals surface area contributed by atoms with Crippen LogP contribution in [0.4, 0.5) is 16.6 Å². The molecule has 1 fully saturated rings. The van der Waals surface area contributed by atoms with Crippen LogP contribution in [0.3, 0.4) is 0 Å². The summed E-state index contributed by atoms with van der Waals surface area (Å²) in [6, 6.07) is 5.99. The number of amides is 1. The van der Waals surface area contributed by atoms with Crippen LogP contribution in [0.5, 0.6) is 0 Å². The number of nitrogens with one attached hydrogen (secondary N) is 3. The highest BCUT2D eigenvalue weighted by Gasteiger charge is 2.30. The fraction of sp³-hybridized carbons (Fsp3) is 0.444. The van der Waals surface area contributed by atoms with Crippen molar-refractivity contribution >= 4 is 29.2 Å². The number of nitrogens with zero attached hydrogens (tertiary/aromatic N) is 3. The van der Waals surface area contributed by atoms with Crippen LogP contribution in [0.1, 0.15) is 44.7 Å². The molecule has 142 valence electrons. The topological polar surface area (TPSA) is 118 Å². The van der Waals surface area contributed by atoms with E-state index in [0.717, 1.165) is 25.0 Å². The van der Waals surface area contributed by atoms with Crippen molar-refractivity contribution in [1.82, 2.24) is 25.5 Å². The summed E-state index contributed by atoms with van der Waals surface area (Å²) in [6.45, 7) is 3.82. The van der Waals surface area contributed by atoms with Crippen molar-refractivity contribution in [3.8, 4) is 0 Å². The normalized spacial score (nSPS) is 19.5. The Morgan fingerprint density at radius 2 is 2.30 bits per heavy atom. The average Bonchev–Trinajstić information content (AvgIpc) is 3.32. The molecule has 3 N–H and O–H groups in total. The van der Waals surface area contributed by atoms with E-state index in [4.69, 9.17) is 9.15 Å². The minimum atomic E-state index is -0.354. The number of hydrogen-bond donors (Lipinski definition) is 3. The number of oxazole rings is 1. The van der Waals surface area contributed by atoms with Crippen molar-refractivity contribution in [2.45, 2.75) is 51.2 Å². The van der Waals surface area contributed by atoms with E-state index in [2.05, 4.69) is 30.8 Å². The van der Waals surface area contributed by atoms with E-state index in [-0.39, 0.29) is 24.2 Å². The van der Waals surface area contributed by atoms with Crippen molar-refractivity contribution in [1.29, 1.82) is 0 Å². The first-order valence-electron chi connectivity index (χ1n) is 9.08. The predicted molar refractivity (Wildman–Crippen MR) is 98.8 cm³/mol. The molecule has 3 aromatic heterocycles. The first-order chi connectivity index (χ1) is 13.1. The van der Waals surface area contributed by atoms with Gasteiger partial charge in [-0.2, -0.15) is 10.1 Å². The number of hydrogen-bond acceptors (Lipinski definition) is 7. The highest BCUT2D eigenvalue weighted by Crippen LogP contribution is 2.36. The van der Waals surface area contributed by atoms with Crippen LogP contribution in [0.25, 0.3) is 11.2 Å². The molecule has 4 rings (SSSR count). The number of ether oxygens (including phenoxy) is 1. The molecule has 2 unspecified atom stereocenters. The van der Waals surface area contributed by atoms with Crippen LogP contribution >= 0.6 is 0 Å². The van der Waals surface area contributed by atoms with Crippen molar-refractivity contribution in [2.75, 3.05) is 5.32 Å². The van der Waals surface area contributed by atoms with E-state index < -0.39 is 0 Å². The van der Waals surface area contributed by atoms with Crippen molar-refractivity contribution in [3.63, 3.8) is 0 Å². The third-order valence-corrected chi connectivity index (χ3v) is 4.50. The zero-order valence-electron chi connectivity index (χ0n) is 15.2. The summed E-state index contributed by atoms with van der Waals surface area (Å²) >= 11 is 0. The number of fused-ring (bicyclic) bond motifs is 1. The number of aromatic nitrogens is 4. The molecule has 1 aliphatic carbocycles. The van der Waals surface area contributed by atoms with E-state index in [9.17, 15) is 4.79 Å². The van der Waals surface area contributed by atoms with E-state index in [1.807, 2.05) is 26.0 Å². The molecule has 3 heterocycles. The van der Waals surface area contributed by atoms with Crippen LogP contribution in [0.15, 0.2) is 28.8 Å². The molecule has 0 saturated heterocycles. The summed E-state index contributed by atoms with van der Waals surface area (Å²) in [5.74, 6) is 0.897. The molecule has 9 nitrogen and oxygen atoms in total. The van der Waals surface area contributed by atoms with Gasteiger partial charge in [0.15, 0.2) is 5.82 Å². The molecule has 1 saturated carbocycles. The standard InChI is InChI=1S/C18H22N6O3/c1-10(2)20-18(25)26-12-6-5-11(8-12)14-9-15(24-23-14)22-17-21-13-4-3-7-19-16(13)27-17/h3-4,7,9-12H,5-6,8H2,1-2H3,(H,20,25)(H2,21,22,23,24). The van der Waals surface area contributed by atoms with Gasteiger partial charge in [0.25, 0.3) is 0 Å². The highest BCUT2D eigenvalue weighted by molar-refractivity contribution is 5.70. The molecule has 0 spiro atoms. The second-order valence-electron chi connectivity index (χ2n) is 7.02. The highest BCUT2D eigenvalue weighted by atomic mass is 16.6. The minimum absolute atomic E-state index is 0.0676. The second kappa shape index (κ2) is 7.26. The van der Waals surface area contributed by atoms with Gasteiger partial charge in [-0.1, -0.05) is 0 Å². The van der Waals surface area contributed by atoms with Gasteiger partial charge in [-0.15, -0.1) is 0 Å². The van der Waals surface area contributed by atoms with Gasteiger partial charge < -0.3 is 14.5 Å². The Kier molecular flexibility index (Phi) is 4.66.